The fourth-order valence-corrected chi connectivity index (χ4v) is 8.05. The second-order valence-corrected chi connectivity index (χ2v) is 13.9. The van der Waals surface area contributed by atoms with Crippen LogP contribution in [0.1, 0.15) is 52.4 Å². The molecule has 0 aromatic carbocycles. The van der Waals surface area contributed by atoms with Gasteiger partial charge in [0.25, 0.3) is 0 Å². The van der Waals surface area contributed by atoms with Crippen LogP contribution in [0.4, 0.5) is 0 Å². The average molecular weight is 459 g/mol. The SMILES string of the molecule is CC(C)(CCC1CCC(SCCSCCS)CC1)SCCSCCS. The number of hydrogen-bond donors (Lipinski definition) is 2. The lowest BCUT2D eigenvalue weighted by molar-refractivity contribution is 0.328. The zero-order valence-corrected chi connectivity index (χ0v) is 21.1. The van der Waals surface area contributed by atoms with Gasteiger partial charge in [0.2, 0.25) is 0 Å². The largest absolute Gasteiger partial charge is 0.179 e. The molecule has 1 aliphatic rings. The molecule has 150 valence electrons. The van der Waals surface area contributed by atoms with Crippen molar-refractivity contribution in [1.29, 1.82) is 0 Å². The Morgan fingerprint density at radius 3 is 2.00 bits per heavy atom. The van der Waals surface area contributed by atoms with Gasteiger partial charge in [0.05, 0.1) is 0 Å². The zero-order valence-electron chi connectivity index (χ0n) is 16.1. The van der Waals surface area contributed by atoms with Gasteiger partial charge in [0.15, 0.2) is 0 Å². The highest BCUT2D eigenvalue weighted by atomic mass is 32.2. The third-order valence-corrected chi connectivity index (χ3v) is 11.0. The molecule has 0 aromatic heterocycles. The maximum atomic E-state index is 4.28. The Balaban J connectivity index is 2.05. The van der Waals surface area contributed by atoms with Crippen molar-refractivity contribution in [2.75, 3.05) is 46.0 Å². The maximum absolute atomic E-state index is 4.28. The molecular formula is C19H38S6. The van der Waals surface area contributed by atoms with E-state index in [0.717, 1.165) is 22.7 Å². The molecule has 0 heterocycles. The van der Waals surface area contributed by atoms with E-state index in [9.17, 15) is 0 Å². The molecule has 0 saturated heterocycles. The molecule has 1 fully saturated rings. The van der Waals surface area contributed by atoms with Crippen molar-refractivity contribution >= 4 is 72.3 Å². The number of rotatable bonds is 15. The minimum absolute atomic E-state index is 0.456. The summed E-state index contributed by atoms with van der Waals surface area (Å²) in [6.07, 6.45) is 8.69. The zero-order chi connectivity index (χ0) is 18.4. The summed E-state index contributed by atoms with van der Waals surface area (Å²) in [5.41, 5.74) is 0. The van der Waals surface area contributed by atoms with E-state index in [1.54, 1.807) is 0 Å². The molecule has 0 atom stereocenters. The van der Waals surface area contributed by atoms with Crippen molar-refractivity contribution in [3.8, 4) is 0 Å². The minimum Gasteiger partial charge on any atom is -0.179 e. The van der Waals surface area contributed by atoms with Gasteiger partial charge in [0, 0.05) is 44.5 Å². The van der Waals surface area contributed by atoms with Gasteiger partial charge in [-0.3, -0.25) is 0 Å². The van der Waals surface area contributed by atoms with Crippen LogP contribution in [0, 0.1) is 5.92 Å². The average Bonchev–Trinajstić information content (AvgIpc) is 2.61. The molecule has 0 aliphatic heterocycles. The first-order valence-electron chi connectivity index (χ1n) is 9.70. The van der Waals surface area contributed by atoms with E-state index in [4.69, 9.17) is 0 Å². The number of hydrogen-bond acceptors (Lipinski definition) is 6. The third kappa shape index (κ3) is 13.8. The van der Waals surface area contributed by atoms with Crippen LogP contribution in [0.5, 0.6) is 0 Å². The molecule has 1 aliphatic carbocycles. The van der Waals surface area contributed by atoms with Crippen molar-refractivity contribution in [2.45, 2.75) is 62.4 Å². The van der Waals surface area contributed by atoms with Crippen LogP contribution < -0.4 is 0 Å². The van der Waals surface area contributed by atoms with Crippen molar-refractivity contribution in [3.05, 3.63) is 0 Å². The van der Waals surface area contributed by atoms with Crippen LogP contribution in [0.15, 0.2) is 0 Å². The Hall–Kier alpha value is 2.10. The summed E-state index contributed by atoms with van der Waals surface area (Å²) >= 11 is 17.1. The molecule has 1 rings (SSSR count). The van der Waals surface area contributed by atoms with Gasteiger partial charge in [-0.15, -0.1) is 0 Å². The summed E-state index contributed by atoms with van der Waals surface area (Å²) < 4.78 is 0.456. The lowest BCUT2D eigenvalue weighted by Crippen LogP contribution is -2.21. The van der Waals surface area contributed by atoms with Crippen LogP contribution in [0.3, 0.4) is 0 Å². The molecule has 0 spiro atoms. The predicted octanol–water partition coefficient (Wildman–Crippen LogP) is 6.90. The monoisotopic (exact) mass is 458 g/mol. The number of thiol groups is 2. The second kappa shape index (κ2) is 16.0. The molecule has 25 heavy (non-hydrogen) atoms. The van der Waals surface area contributed by atoms with Gasteiger partial charge in [-0.05, 0) is 55.9 Å². The Kier molecular flexibility index (Phi) is 16.0. The van der Waals surface area contributed by atoms with Crippen molar-refractivity contribution < 1.29 is 0 Å². The highest BCUT2D eigenvalue weighted by molar-refractivity contribution is 8.04. The molecule has 0 unspecified atom stereocenters. The van der Waals surface area contributed by atoms with Gasteiger partial charge in [-0.1, -0.05) is 13.8 Å². The topological polar surface area (TPSA) is 0 Å². The van der Waals surface area contributed by atoms with Crippen LogP contribution in [-0.2, 0) is 0 Å². The summed E-state index contributed by atoms with van der Waals surface area (Å²) in [7, 11) is 0. The summed E-state index contributed by atoms with van der Waals surface area (Å²) in [5, 5.41) is 0.944. The molecule has 0 amide bonds. The maximum Gasteiger partial charge on any atom is 0.0104 e. The Bertz CT molecular complexity index is 302. The smallest absolute Gasteiger partial charge is 0.0104 e. The highest BCUT2D eigenvalue weighted by Gasteiger charge is 2.24. The highest BCUT2D eigenvalue weighted by Crippen LogP contribution is 2.38. The summed E-state index contributed by atoms with van der Waals surface area (Å²) in [6, 6.07) is 0. The van der Waals surface area contributed by atoms with Gasteiger partial charge in [-0.2, -0.15) is 72.3 Å². The summed E-state index contributed by atoms with van der Waals surface area (Å²) in [4.78, 5) is 0. The Morgan fingerprint density at radius 2 is 1.40 bits per heavy atom. The molecule has 0 bridgehead atoms. The van der Waals surface area contributed by atoms with Gasteiger partial charge >= 0.3 is 0 Å². The quantitative estimate of drug-likeness (QED) is 0.202. The Labute approximate surface area is 185 Å². The molecule has 0 aromatic rings. The fourth-order valence-electron chi connectivity index (χ4n) is 3.19. The molecule has 0 N–H and O–H groups in total. The summed E-state index contributed by atoms with van der Waals surface area (Å²) in [6.45, 7) is 4.90. The fraction of sp³-hybridized carbons (Fsp3) is 1.00. The van der Waals surface area contributed by atoms with Gasteiger partial charge in [-0.25, -0.2) is 0 Å². The lowest BCUT2D eigenvalue weighted by Gasteiger charge is -2.31. The Morgan fingerprint density at radius 1 is 0.800 bits per heavy atom. The van der Waals surface area contributed by atoms with Crippen molar-refractivity contribution in [3.63, 3.8) is 0 Å². The van der Waals surface area contributed by atoms with E-state index in [2.05, 4.69) is 74.4 Å². The standard InChI is InChI=1S/C19H38S6/c1-19(2,25-16-14-23-12-10-21)8-7-17-3-5-18(6-4-17)24-15-13-22-11-9-20/h17-18,20-21H,3-16H2,1-2H3. The second-order valence-electron chi connectivity index (χ2n) is 7.33. The van der Waals surface area contributed by atoms with E-state index in [1.807, 2.05) is 11.8 Å². The molecule has 0 radical (unpaired) electrons. The molecule has 1 saturated carbocycles. The molecule has 6 heteroatoms. The van der Waals surface area contributed by atoms with E-state index < -0.39 is 0 Å². The van der Waals surface area contributed by atoms with E-state index in [0.29, 0.717) is 4.75 Å². The van der Waals surface area contributed by atoms with Crippen LogP contribution in [0.2, 0.25) is 0 Å². The van der Waals surface area contributed by atoms with Crippen LogP contribution in [-0.4, -0.2) is 56.0 Å². The first kappa shape index (κ1) is 25.1. The van der Waals surface area contributed by atoms with E-state index >= 15 is 0 Å². The van der Waals surface area contributed by atoms with E-state index in [-0.39, 0.29) is 0 Å². The van der Waals surface area contributed by atoms with Crippen molar-refractivity contribution in [2.24, 2.45) is 5.92 Å². The molecular weight excluding hydrogens is 421 g/mol. The van der Waals surface area contributed by atoms with Crippen LogP contribution >= 0.6 is 72.3 Å². The van der Waals surface area contributed by atoms with Gasteiger partial charge in [0.1, 0.15) is 0 Å². The lowest BCUT2D eigenvalue weighted by atomic mass is 9.84. The van der Waals surface area contributed by atoms with Gasteiger partial charge < -0.3 is 0 Å². The van der Waals surface area contributed by atoms with E-state index in [1.165, 1.54) is 73.0 Å². The third-order valence-electron chi connectivity index (χ3n) is 4.72. The predicted molar refractivity (Wildman–Crippen MR) is 136 cm³/mol. The minimum atomic E-state index is 0.456. The molecule has 0 nitrogen and oxygen atoms in total. The normalized spacial score (nSPS) is 21.6. The van der Waals surface area contributed by atoms with Crippen LogP contribution in [0.25, 0.3) is 0 Å². The number of thioether (sulfide) groups is 4. The first-order chi connectivity index (χ1) is 12.1. The first-order valence-corrected chi connectivity index (χ1v) is 15.3. The summed E-state index contributed by atoms with van der Waals surface area (Å²) in [5.74, 6) is 10.6. The van der Waals surface area contributed by atoms with Crippen molar-refractivity contribution in [1.82, 2.24) is 0 Å².